The lowest BCUT2D eigenvalue weighted by Crippen LogP contribution is -2.37. The highest BCUT2D eigenvalue weighted by molar-refractivity contribution is 7.98. The molecule has 0 radical (unpaired) electrons. The van der Waals surface area contributed by atoms with Crippen LogP contribution in [-0.2, 0) is 9.53 Å². The molecule has 0 aliphatic rings. The number of aryl methyl sites for hydroxylation is 2. The second kappa shape index (κ2) is 9.43. The van der Waals surface area contributed by atoms with Crippen LogP contribution in [0.1, 0.15) is 21.5 Å². The zero-order chi connectivity index (χ0) is 20.0. The predicted octanol–water partition coefficient (Wildman–Crippen LogP) is 4.18. The first kappa shape index (κ1) is 20.8. The molecule has 8 heteroatoms. The molecule has 0 aliphatic carbocycles. The number of benzene rings is 2. The van der Waals surface area contributed by atoms with E-state index in [1.54, 1.807) is 24.3 Å². The first-order chi connectivity index (χ1) is 12.8. The van der Waals surface area contributed by atoms with Crippen LogP contribution < -0.4 is 10.6 Å². The van der Waals surface area contributed by atoms with Crippen LogP contribution in [0.15, 0.2) is 41.3 Å². The van der Waals surface area contributed by atoms with Crippen molar-refractivity contribution in [3.8, 4) is 0 Å². The number of esters is 1. The number of anilines is 1. The van der Waals surface area contributed by atoms with E-state index in [1.807, 2.05) is 32.2 Å². The van der Waals surface area contributed by atoms with Gasteiger partial charge in [-0.2, -0.15) is 0 Å². The molecule has 0 heterocycles. The van der Waals surface area contributed by atoms with E-state index in [2.05, 4.69) is 10.6 Å². The Kier molecular flexibility index (Phi) is 7.27. The van der Waals surface area contributed by atoms with Crippen LogP contribution in [0.4, 0.5) is 10.5 Å². The van der Waals surface area contributed by atoms with Crippen molar-refractivity contribution in [2.24, 2.45) is 0 Å². The van der Waals surface area contributed by atoms with Crippen LogP contribution in [0.2, 0.25) is 5.02 Å². The Labute approximate surface area is 166 Å². The van der Waals surface area contributed by atoms with Crippen LogP contribution in [0.25, 0.3) is 0 Å². The molecule has 0 fully saturated rings. The molecular weight excluding hydrogens is 388 g/mol. The number of hydrogen-bond donors (Lipinski definition) is 2. The fraction of sp³-hybridized carbons (Fsp3) is 0.211. The molecule has 2 rings (SSSR count). The summed E-state index contributed by atoms with van der Waals surface area (Å²) in [5.74, 6) is -1.48. The van der Waals surface area contributed by atoms with Crippen LogP contribution in [0.5, 0.6) is 0 Å². The van der Waals surface area contributed by atoms with Gasteiger partial charge in [-0.15, -0.1) is 11.8 Å². The third-order valence-electron chi connectivity index (χ3n) is 3.61. The first-order valence-electron chi connectivity index (χ1n) is 7.99. The molecule has 0 bridgehead atoms. The fourth-order valence-corrected chi connectivity index (χ4v) is 2.90. The van der Waals surface area contributed by atoms with E-state index in [9.17, 15) is 14.4 Å². The van der Waals surface area contributed by atoms with Crippen molar-refractivity contribution >= 4 is 47.0 Å². The Morgan fingerprint density at radius 1 is 1.11 bits per heavy atom. The highest BCUT2D eigenvalue weighted by atomic mass is 35.5. The van der Waals surface area contributed by atoms with Crippen LogP contribution in [-0.4, -0.2) is 30.8 Å². The highest BCUT2D eigenvalue weighted by Gasteiger charge is 2.16. The number of carbonyl (C=O) groups excluding carboxylic acids is 3. The highest BCUT2D eigenvalue weighted by Crippen LogP contribution is 2.23. The van der Waals surface area contributed by atoms with Crippen molar-refractivity contribution in [3.63, 3.8) is 0 Å². The lowest BCUT2D eigenvalue weighted by molar-refractivity contribution is -0.123. The third-order valence-corrected chi connectivity index (χ3v) is 4.67. The normalized spacial score (nSPS) is 10.2. The van der Waals surface area contributed by atoms with Crippen molar-refractivity contribution in [1.29, 1.82) is 0 Å². The average Bonchev–Trinajstić information content (AvgIpc) is 2.62. The Hall–Kier alpha value is -2.51. The Morgan fingerprint density at radius 3 is 2.52 bits per heavy atom. The molecule has 0 saturated heterocycles. The van der Waals surface area contributed by atoms with Crippen LogP contribution in [0.3, 0.4) is 0 Å². The van der Waals surface area contributed by atoms with Gasteiger partial charge in [-0.25, -0.2) is 9.59 Å². The number of hydrogen-bond acceptors (Lipinski definition) is 5. The van der Waals surface area contributed by atoms with Crippen LogP contribution >= 0.6 is 23.4 Å². The van der Waals surface area contributed by atoms with E-state index in [4.69, 9.17) is 16.3 Å². The maximum Gasteiger partial charge on any atom is 0.340 e. The molecule has 0 saturated carbocycles. The van der Waals surface area contributed by atoms with Gasteiger partial charge < -0.3 is 10.1 Å². The number of carbonyl (C=O) groups is 3. The number of thioether (sulfide) groups is 1. The predicted molar refractivity (Wildman–Crippen MR) is 107 cm³/mol. The smallest absolute Gasteiger partial charge is 0.340 e. The van der Waals surface area contributed by atoms with Crippen molar-refractivity contribution in [1.82, 2.24) is 5.32 Å². The standard InChI is InChI=1S/C19H19ClN2O4S/c1-11-4-7-16(12(2)8-11)21-19(25)22-17(23)10-26-18(24)14-9-13(27-3)5-6-15(14)20/h4-9H,10H2,1-3H3,(H2,21,22,23,25). The monoisotopic (exact) mass is 406 g/mol. The van der Waals surface area contributed by atoms with Gasteiger partial charge in [0.25, 0.3) is 5.91 Å². The van der Waals surface area contributed by atoms with Gasteiger partial charge in [0.15, 0.2) is 6.61 Å². The van der Waals surface area contributed by atoms with E-state index in [-0.39, 0.29) is 10.6 Å². The maximum atomic E-state index is 12.1. The number of rotatable bonds is 5. The van der Waals surface area contributed by atoms with Crippen molar-refractivity contribution in [2.75, 3.05) is 18.2 Å². The number of halogens is 1. The molecule has 6 nitrogen and oxygen atoms in total. The molecule has 27 heavy (non-hydrogen) atoms. The summed E-state index contributed by atoms with van der Waals surface area (Å²) in [6.45, 7) is 3.19. The summed E-state index contributed by atoms with van der Waals surface area (Å²) < 4.78 is 4.94. The largest absolute Gasteiger partial charge is 0.452 e. The lowest BCUT2D eigenvalue weighted by atomic mass is 10.1. The van der Waals surface area contributed by atoms with Crippen LogP contribution in [0, 0.1) is 13.8 Å². The lowest BCUT2D eigenvalue weighted by Gasteiger charge is -2.10. The second-order valence-electron chi connectivity index (χ2n) is 5.74. The molecule has 2 N–H and O–H groups in total. The van der Waals surface area contributed by atoms with Crippen molar-refractivity contribution in [3.05, 3.63) is 58.1 Å². The molecule has 0 aromatic heterocycles. The first-order valence-corrected chi connectivity index (χ1v) is 9.59. The molecule has 2 aromatic rings. The summed E-state index contributed by atoms with van der Waals surface area (Å²) in [4.78, 5) is 36.7. The topological polar surface area (TPSA) is 84.5 Å². The quantitative estimate of drug-likeness (QED) is 0.574. The van der Waals surface area contributed by atoms with Gasteiger partial charge in [0.1, 0.15) is 0 Å². The second-order valence-corrected chi connectivity index (χ2v) is 7.03. The van der Waals surface area contributed by atoms with E-state index in [0.29, 0.717) is 5.69 Å². The Bertz CT molecular complexity index is 886. The summed E-state index contributed by atoms with van der Waals surface area (Å²) in [5, 5.41) is 4.92. The SMILES string of the molecule is CSc1ccc(Cl)c(C(=O)OCC(=O)NC(=O)Nc2ccc(C)cc2C)c1. The summed E-state index contributed by atoms with van der Waals surface area (Å²) >= 11 is 7.44. The van der Waals surface area contributed by atoms with Crippen molar-refractivity contribution in [2.45, 2.75) is 18.7 Å². The third kappa shape index (κ3) is 6.01. The maximum absolute atomic E-state index is 12.1. The van der Waals surface area contributed by atoms with Gasteiger partial charge in [-0.1, -0.05) is 29.3 Å². The van der Waals surface area contributed by atoms with E-state index < -0.39 is 24.5 Å². The number of ether oxygens (including phenoxy) is 1. The summed E-state index contributed by atoms with van der Waals surface area (Å²) in [6, 6.07) is 9.74. The zero-order valence-corrected chi connectivity index (χ0v) is 16.7. The number of imide groups is 1. The molecular formula is C19H19ClN2O4S. The van der Waals surface area contributed by atoms with Gasteiger partial charge in [0.05, 0.1) is 10.6 Å². The van der Waals surface area contributed by atoms with Crippen molar-refractivity contribution < 1.29 is 19.1 Å². The summed E-state index contributed by atoms with van der Waals surface area (Å²) in [6.07, 6.45) is 1.86. The Balaban J connectivity index is 1.88. The van der Waals surface area contributed by atoms with E-state index >= 15 is 0 Å². The number of nitrogens with one attached hydrogen (secondary N) is 2. The fourth-order valence-electron chi connectivity index (χ4n) is 2.27. The molecule has 0 atom stereocenters. The minimum absolute atomic E-state index is 0.163. The van der Waals surface area contributed by atoms with Gasteiger partial charge in [0, 0.05) is 10.6 Å². The zero-order valence-electron chi connectivity index (χ0n) is 15.1. The summed E-state index contributed by atoms with van der Waals surface area (Å²) in [5.41, 5.74) is 2.68. The summed E-state index contributed by atoms with van der Waals surface area (Å²) in [7, 11) is 0. The van der Waals surface area contributed by atoms with Gasteiger partial charge in [0.2, 0.25) is 0 Å². The van der Waals surface area contributed by atoms with Gasteiger partial charge in [-0.3, -0.25) is 10.1 Å². The minimum atomic E-state index is -0.747. The van der Waals surface area contributed by atoms with Gasteiger partial charge in [-0.05, 0) is 49.9 Å². The Morgan fingerprint density at radius 2 is 1.85 bits per heavy atom. The molecule has 0 aliphatic heterocycles. The molecule has 3 amide bonds. The average molecular weight is 407 g/mol. The number of urea groups is 1. The molecule has 142 valence electrons. The van der Waals surface area contributed by atoms with Gasteiger partial charge >= 0.3 is 12.0 Å². The molecule has 0 unspecified atom stereocenters. The molecule has 2 aromatic carbocycles. The molecule has 0 spiro atoms. The number of amides is 3. The van der Waals surface area contributed by atoms with E-state index in [1.165, 1.54) is 11.8 Å². The van der Waals surface area contributed by atoms with E-state index in [0.717, 1.165) is 16.0 Å². The minimum Gasteiger partial charge on any atom is -0.452 e.